The molecule has 5 rings (SSSR count). The van der Waals surface area contributed by atoms with E-state index in [1.165, 1.54) is 12.5 Å². The third kappa shape index (κ3) is 4.67. The van der Waals surface area contributed by atoms with Crippen molar-refractivity contribution in [2.75, 3.05) is 13.7 Å². The maximum atomic E-state index is 12.9. The van der Waals surface area contributed by atoms with Gasteiger partial charge in [0.1, 0.15) is 23.2 Å². The van der Waals surface area contributed by atoms with E-state index < -0.39 is 0 Å². The van der Waals surface area contributed by atoms with Crippen molar-refractivity contribution in [2.24, 2.45) is 0 Å². The number of carbonyl (C=O) groups excluding carboxylic acids is 1. The van der Waals surface area contributed by atoms with Crippen LogP contribution in [0.25, 0.3) is 22.3 Å². The highest BCUT2D eigenvalue weighted by atomic mass is 16.5. The fraction of sp³-hybridized carbons (Fsp3) is 0.160. The zero-order valence-corrected chi connectivity index (χ0v) is 19.0. The van der Waals surface area contributed by atoms with Gasteiger partial charge in [-0.1, -0.05) is 42.5 Å². The van der Waals surface area contributed by atoms with Crippen molar-refractivity contribution in [1.29, 1.82) is 0 Å². The predicted molar refractivity (Wildman–Crippen MR) is 130 cm³/mol. The summed E-state index contributed by atoms with van der Waals surface area (Å²) < 4.78 is 8.41. The van der Waals surface area contributed by atoms with Gasteiger partial charge in [-0.25, -0.2) is 9.67 Å². The average molecular weight is 470 g/mol. The summed E-state index contributed by atoms with van der Waals surface area (Å²) in [5.74, 6) is 0.421. The number of aromatic amines is 1. The number of ether oxygens (including phenoxy) is 1. The first-order valence-electron chi connectivity index (χ1n) is 11.1. The number of fused-ring (bicyclic) bond motifs is 1. The zero-order valence-electron chi connectivity index (χ0n) is 19.0. The SMILES string of the molecule is COc1cccc(-c2cc(C(=O)NCCn3ncc4c(=O)n(Cc5ccccc5)cnc43)[nH]n2)c1. The Hall–Kier alpha value is -4.73. The van der Waals surface area contributed by atoms with Crippen LogP contribution in [0.2, 0.25) is 0 Å². The molecule has 10 heteroatoms. The Balaban J connectivity index is 1.23. The molecule has 3 heterocycles. The molecule has 1 amide bonds. The van der Waals surface area contributed by atoms with Crippen LogP contribution in [0.1, 0.15) is 16.1 Å². The lowest BCUT2D eigenvalue weighted by Gasteiger charge is -2.07. The van der Waals surface area contributed by atoms with Gasteiger partial charge in [-0.15, -0.1) is 0 Å². The molecule has 0 atom stereocenters. The van der Waals surface area contributed by atoms with Crippen LogP contribution in [-0.2, 0) is 13.1 Å². The number of aromatic nitrogens is 6. The summed E-state index contributed by atoms with van der Waals surface area (Å²) in [6.07, 6.45) is 3.04. The molecule has 176 valence electrons. The number of H-pyrrole nitrogens is 1. The second-order valence-electron chi connectivity index (χ2n) is 7.92. The van der Waals surface area contributed by atoms with Gasteiger partial charge in [-0.05, 0) is 23.8 Å². The van der Waals surface area contributed by atoms with Gasteiger partial charge in [0.2, 0.25) is 0 Å². The molecule has 2 N–H and O–H groups in total. The molecule has 0 spiro atoms. The van der Waals surface area contributed by atoms with Gasteiger partial charge >= 0.3 is 0 Å². The van der Waals surface area contributed by atoms with Gasteiger partial charge in [-0.3, -0.25) is 19.3 Å². The molecule has 0 aliphatic rings. The Bertz CT molecular complexity index is 1540. The first-order chi connectivity index (χ1) is 17.1. The molecule has 0 fully saturated rings. The smallest absolute Gasteiger partial charge is 0.269 e. The monoisotopic (exact) mass is 469 g/mol. The van der Waals surface area contributed by atoms with E-state index in [1.807, 2.05) is 54.6 Å². The van der Waals surface area contributed by atoms with E-state index >= 15 is 0 Å². The van der Waals surface area contributed by atoms with Crippen LogP contribution < -0.4 is 15.6 Å². The number of amides is 1. The van der Waals surface area contributed by atoms with Crippen LogP contribution in [0.5, 0.6) is 5.75 Å². The van der Waals surface area contributed by atoms with Crippen molar-refractivity contribution in [2.45, 2.75) is 13.1 Å². The molecule has 2 aromatic carbocycles. The van der Waals surface area contributed by atoms with Gasteiger partial charge in [0.15, 0.2) is 5.65 Å². The Morgan fingerprint density at radius 3 is 2.80 bits per heavy atom. The zero-order chi connectivity index (χ0) is 24.2. The van der Waals surface area contributed by atoms with E-state index in [0.29, 0.717) is 47.8 Å². The second kappa shape index (κ2) is 9.64. The molecular formula is C25H23N7O3. The Morgan fingerprint density at radius 1 is 1.11 bits per heavy atom. The van der Waals surface area contributed by atoms with Gasteiger partial charge in [-0.2, -0.15) is 10.2 Å². The van der Waals surface area contributed by atoms with Crippen LogP contribution in [0.15, 0.2) is 78.0 Å². The van der Waals surface area contributed by atoms with Crippen molar-refractivity contribution in [3.8, 4) is 17.0 Å². The number of hydrogen-bond acceptors (Lipinski definition) is 6. The van der Waals surface area contributed by atoms with Crippen LogP contribution >= 0.6 is 0 Å². The first kappa shape index (κ1) is 22.1. The number of nitrogens with zero attached hydrogens (tertiary/aromatic N) is 5. The first-order valence-corrected chi connectivity index (χ1v) is 11.1. The minimum absolute atomic E-state index is 0.156. The van der Waals surface area contributed by atoms with E-state index in [1.54, 1.807) is 22.4 Å². The van der Waals surface area contributed by atoms with Gasteiger partial charge in [0, 0.05) is 12.1 Å². The molecule has 5 aromatic rings. The van der Waals surface area contributed by atoms with Crippen LogP contribution in [-0.4, -0.2) is 49.1 Å². The number of benzene rings is 2. The molecular weight excluding hydrogens is 446 g/mol. The van der Waals surface area contributed by atoms with Gasteiger partial charge < -0.3 is 10.1 Å². The summed E-state index contributed by atoms with van der Waals surface area (Å²) in [5, 5.41) is 14.6. The Morgan fingerprint density at radius 2 is 1.97 bits per heavy atom. The van der Waals surface area contributed by atoms with Crippen molar-refractivity contribution < 1.29 is 9.53 Å². The molecule has 0 saturated carbocycles. The highest BCUT2D eigenvalue weighted by Crippen LogP contribution is 2.22. The summed E-state index contributed by atoms with van der Waals surface area (Å²) in [7, 11) is 1.60. The lowest BCUT2D eigenvalue weighted by atomic mass is 10.1. The summed E-state index contributed by atoms with van der Waals surface area (Å²) in [6.45, 7) is 1.10. The van der Waals surface area contributed by atoms with Gasteiger partial charge in [0.25, 0.3) is 11.5 Å². The summed E-state index contributed by atoms with van der Waals surface area (Å²) in [6, 6.07) is 18.9. The predicted octanol–water partition coefficient (Wildman–Crippen LogP) is 2.47. The van der Waals surface area contributed by atoms with E-state index in [2.05, 4.69) is 25.6 Å². The minimum Gasteiger partial charge on any atom is -0.497 e. The number of nitrogens with one attached hydrogen (secondary N) is 2. The fourth-order valence-corrected chi connectivity index (χ4v) is 3.79. The normalized spacial score (nSPS) is 11.0. The molecule has 0 aliphatic heterocycles. The van der Waals surface area contributed by atoms with Crippen molar-refractivity contribution in [3.05, 3.63) is 94.8 Å². The number of rotatable bonds is 8. The maximum Gasteiger partial charge on any atom is 0.269 e. The van der Waals surface area contributed by atoms with Crippen LogP contribution in [0, 0.1) is 0 Å². The van der Waals surface area contributed by atoms with E-state index in [4.69, 9.17) is 4.74 Å². The Labute approximate surface area is 200 Å². The van der Waals surface area contributed by atoms with Crippen molar-refractivity contribution in [3.63, 3.8) is 0 Å². The second-order valence-corrected chi connectivity index (χ2v) is 7.92. The topological polar surface area (TPSA) is 120 Å². The van der Waals surface area contributed by atoms with Gasteiger partial charge in [0.05, 0.1) is 32.1 Å². The van der Waals surface area contributed by atoms with Crippen LogP contribution in [0.3, 0.4) is 0 Å². The molecule has 3 aromatic heterocycles. The van der Waals surface area contributed by atoms with E-state index in [-0.39, 0.29) is 11.5 Å². The lowest BCUT2D eigenvalue weighted by Crippen LogP contribution is -2.28. The Kier molecular flexibility index (Phi) is 6.08. The molecule has 0 unspecified atom stereocenters. The summed E-state index contributed by atoms with van der Waals surface area (Å²) >= 11 is 0. The standard InChI is InChI=1S/C25H23N7O3/c1-35-19-9-5-8-18(12-19)21-13-22(30-29-21)24(33)26-10-11-32-23-20(14-28-32)25(34)31(16-27-23)15-17-6-3-2-4-7-17/h2-9,12-14,16H,10-11,15H2,1H3,(H,26,33)(H,29,30). The minimum atomic E-state index is -0.290. The largest absolute Gasteiger partial charge is 0.497 e. The third-order valence-electron chi connectivity index (χ3n) is 5.62. The fourth-order valence-electron chi connectivity index (χ4n) is 3.79. The summed E-state index contributed by atoms with van der Waals surface area (Å²) in [5.41, 5.74) is 3.16. The number of hydrogen-bond donors (Lipinski definition) is 2. The summed E-state index contributed by atoms with van der Waals surface area (Å²) in [4.78, 5) is 29.9. The average Bonchev–Trinajstić information content (AvgIpc) is 3.55. The highest BCUT2D eigenvalue weighted by Gasteiger charge is 2.13. The number of methoxy groups -OCH3 is 1. The molecule has 0 aliphatic carbocycles. The third-order valence-corrected chi connectivity index (χ3v) is 5.62. The lowest BCUT2D eigenvalue weighted by molar-refractivity contribution is 0.0947. The van der Waals surface area contributed by atoms with E-state index in [9.17, 15) is 9.59 Å². The highest BCUT2D eigenvalue weighted by molar-refractivity contribution is 5.93. The molecule has 35 heavy (non-hydrogen) atoms. The molecule has 10 nitrogen and oxygen atoms in total. The quantitative estimate of drug-likeness (QED) is 0.360. The van der Waals surface area contributed by atoms with Crippen LogP contribution in [0.4, 0.5) is 0 Å². The van der Waals surface area contributed by atoms with E-state index in [0.717, 1.165) is 11.1 Å². The molecule has 0 radical (unpaired) electrons. The maximum absolute atomic E-state index is 12.9. The van der Waals surface area contributed by atoms with Crippen molar-refractivity contribution >= 4 is 16.9 Å². The molecule has 0 saturated heterocycles. The number of carbonyl (C=O) groups is 1. The van der Waals surface area contributed by atoms with Crippen molar-refractivity contribution in [1.82, 2.24) is 34.8 Å². The molecule has 0 bridgehead atoms.